The third-order valence-electron chi connectivity index (χ3n) is 5.16. The minimum Gasteiger partial charge on any atom is -0.457 e. The van der Waals surface area contributed by atoms with E-state index in [-0.39, 0.29) is 71.0 Å². The Bertz CT molecular complexity index is 801. The molecule has 2 N–H and O–H groups in total. The van der Waals surface area contributed by atoms with Crippen molar-refractivity contribution in [1.82, 2.24) is 0 Å². The second-order valence-electron chi connectivity index (χ2n) is 9.85. The normalized spacial score (nSPS) is 16.0. The van der Waals surface area contributed by atoms with Gasteiger partial charge < -0.3 is 38.2 Å². The first-order valence-corrected chi connectivity index (χ1v) is 14.5. The van der Waals surface area contributed by atoms with Gasteiger partial charge in [-0.2, -0.15) is 0 Å². The molecule has 0 radical (unpaired) electrons. The van der Waals surface area contributed by atoms with E-state index in [1.54, 1.807) is 13.8 Å². The predicted molar refractivity (Wildman–Crippen MR) is 149 cm³/mol. The first-order chi connectivity index (χ1) is 19.1. The molecular formula is C27H45O13P. The van der Waals surface area contributed by atoms with Crippen molar-refractivity contribution in [2.45, 2.75) is 52.4 Å². The van der Waals surface area contributed by atoms with Crippen molar-refractivity contribution in [2.24, 2.45) is 11.3 Å². The standard InChI is InChI=1S/C27H45O13P/c1-8-24(28)11-20(4)12-34-16-27(17-35-13-21(5)38-25(29)9-2,18-36-14-22(6)39-26(30)10-3)19-37-15-23(7)40-41(31,32)33/h8-10,20-23H,1-3,11-19H2,4-7H3,(H2,31,32,33). The van der Waals surface area contributed by atoms with Gasteiger partial charge in [0, 0.05) is 25.2 Å². The maximum Gasteiger partial charge on any atom is 0.469 e. The van der Waals surface area contributed by atoms with E-state index >= 15 is 0 Å². The zero-order valence-corrected chi connectivity index (χ0v) is 25.3. The number of allylic oxidation sites excluding steroid dienone is 1. The Morgan fingerprint density at radius 3 is 1.46 bits per heavy atom. The van der Waals surface area contributed by atoms with Crippen LogP contribution in [0.4, 0.5) is 0 Å². The van der Waals surface area contributed by atoms with Crippen LogP contribution in [0.1, 0.15) is 34.1 Å². The van der Waals surface area contributed by atoms with Crippen LogP contribution in [0.2, 0.25) is 0 Å². The number of carbonyl (C=O) groups is 3. The summed E-state index contributed by atoms with van der Waals surface area (Å²) in [6.45, 7) is 16.8. The zero-order chi connectivity index (χ0) is 31.5. The third kappa shape index (κ3) is 20.3. The Balaban J connectivity index is 5.64. The maximum atomic E-state index is 11.7. The molecule has 0 saturated carbocycles. The molecule has 0 bridgehead atoms. The fourth-order valence-corrected chi connectivity index (χ4v) is 3.89. The molecule has 14 heteroatoms. The van der Waals surface area contributed by atoms with Crippen molar-refractivity contribution in [3.63, 3.8) is 0 Å². The lowest BCUT2D eigenvalue weighted by molar-refractivity contribution is -0.152. The number of hydrogen-bond acceptors (Lipinski definition) is 11. The van der Waals surface area contributed by atoms with Crippen molar-refractivity contribution in [1.29, 1.82) is 0 Å². The molecule has 4 atom stereocenters. The number of phosphoric acid groups is 1. The number of ketones is 1. The van der Waals surface area contributed by atoms with Gasteiger partial charge in [-0.3, -0.25) is 9.32 Å². The summed E-state index contributed by atoms with van der Waals surface area (Å²) >= 11 is 0. The monoisotopic (exact) mass is 608 g/mol. The molecule has 4 unspecified atom stereocenters. The van der Waals surface area contributed by atoms with Crippen LogP contribution < -0.4 is 0 Å². The van der Waals surface area contributed by atoms with Crippen molar-refractivity contribution in [3.05, 3.63) is 38.0 Å². The van der Waals surface area contributed by atoms with Gasteiger partial charge in [0.1, 0.15) is 12.2 Å². The fraction of sp³-hybridized carbons (Fsp3) is 0.667. The highest BCUT2D eigenvalue weighted by Gasteiger charge is 2.34. The van der Waals surface area contributed by atoms with Crippen LogP contribution >= 0.6 is 7.82 Å². The van der Waals surface area contributed by atoms with Gasteiger partial charge in [0.25, 0.3) is 0 Å². The summed E-state index contributed by atoms with van der Waals surface area (Å²) in [5.41, 5.74) is -0.978. The molecule has 0 aromatic heterocycles. The van der Waals surface area contributed by atoms with E-state index in [9.17, 15) is 18.9 Å². The number of ether oxygens (including phenoxy) is 6. The van der Waals surface area contributed by atoms with Gasteiger partial charge in [-0.15, -0.1) is 0 Å². The zero-order valence-electron chi connectivity index (χ0n) is 24.4. The molecule has 0 saturated heterocycles. The van der Waals surface area contributed by atoms with Crippen LogP contribution in [0.15, 0.2) is 38.0 Å². The van der Waals surface area contributed by atoms with Gasteiger partial charge in [-0.05, 0) is 32.8 Å². The molecule has 13 nitrogen and oxygen atoms in total. The van der Waals surface area contributed by atoms with Crippen LogP contribution in [-0.2, 0) is 51.9 Å². The number of carbonyl (C=O) groups excluding carboxylic acids is 3. The van der Waals surface area contributed by atoms with E-state index < -0.39 is 43.5 Å². The highest BCUT2D eigenvalue weighted by molar-refractivity contribution is 7.46. The summed E-state index contributed by atoms with van der Waals surface area (Å²) in [5.74, 6) is -1.44. The Hall–Kier alpha value is -2.22. The van der Waals surface area contributed by atoms with Gasteiger partial charge in [0.15, 0.2) is 5.78 Å². The lowest BCUT2D eigenvalue weighted by Gasteiger charge is -2.34. The minimum absolute atomic E-state index is 0.00247. The second-order valence-corrected chi connectivity index (χ2v) is 11.0. The molecule has 0 aliphatic carbocycles. The molecule has 0 heterocycles. The molecule has 0 aromatic rings. The molecule has 41 heavy (non-hydrogen) atoms. The molecule has 236 valence electrons. The van der Waals surface area contributed by atoms with Crippen LogP contribution in [0, 0.1) is 11.3 Å². The Morgan fingerprint density at radius 2 is 1.10 bits per heavy atom. The summed E-state index contributed by atoms with van der Waals surface area (Å²) in [6.07, 6.45) is 1.44. The smallest absolute Gasteiger partial charge is 0.457 e. The molecule has 0 aliphatic rings. The lowest BCUT2D eigenvalue weighted by Crippen LogP contribution is -2.43. The third-order valence-corrected chi connectivity index (χ3v) is 5.79. The van der Waals surface area contributed by atoms with E-state index in [2.05, 4.69) is 24.3 Å². The molecule has 0 fully saturated rings. The molecule has 0 rings (SSSR count). The van der Waals surface area contributed by atoms with E-state index in [1.807, 2.05) is 6.92 Å². The van der Waals surface area contributed by atoms with Crippen molar-refractivity contribution in [3.8, 4) is 0 Å². The topological polar surface area (TPSA) is 173 Å². The number of hydrogen-bond donors (Lipinski definition) is 2. The highest BCUT2D eigenvalue weighted by Crippen LogP contribution is 2.37. The van der Waals surface area contributed by atoms with E-state index in [1.165, 1.54) is 13.0 Å². The van der Waals surface area contributed by atoms with E-state index in [4.69, 9.17) is 38.2 Å². The van der Waals surface area contributed by atoms with Gasteiger partial charge >= 0.3 is 19.8 Å². The number of rotatable bonds is 25. The highest BCUT2D eigenvalue weighted by atomic mass is 31.2. The largest absolute Gasteiger partial charge is 0.469 e. The van der Waals surface area contributed by atoms with Gasteiger partial charge in [0.2, 0.25) is 0 Å². The lowest BCUT2D eigenvalue weighted by atomic mass is 9.92. The molecule has 0 aliphatic heterocycles. The summed E-state index contributed by atoms with van der Waals surface area (Å²) < 4.78 is 49.4. The van der Waals surface area contributed by atoms with Crippen LogP contribution in [0.3, 0.4) is 0 Å². The number of esters is 2. The van der Waals surface area contributed by atoms with Crippen LogP contribution in [0.25, 0.3) is 0 Å². The van der Waals surface area contributed by atoms with Crippen molar-refractivity contribution < 1.29 is 61.7 Å². The minimum atomic E-state index is -4.72. The summed E-state index contributed by atoms with van der Waals surface area (Å²) in [6, 6.07) is 0. The molecular weight excluding hydrogens is 563 g/mol. The van der Waals surface area contributed by atoms with Crippen molar-refractivity contribution >= 4 is 25.5 Å². The van der Waals surface area contributed by atoms with Crippen LogP contribution in [0.5, 0.6) is 0 Å². The molecule has 0 amide bonds. The van der Waals surface area contributed by atoms with E-state index in [0.29, 0.717) is 0 Å². The first-order valence-electron chi connectivity index (χ1n) is 13.0. The predicted octanol–water partition coefficient (Wildman–Crippen LogP) is 2.55. The van der Waals surface area contributed by atoms with Gasteiger partial charge in [-0.25, -0.2) is 14.2 Å². The fourth-order valence-electron chi connectivity index (χ4n) is 3.36. The van der Waals surface area contributed by atoms with Crippen molar-refractivity contribution in [2.75, 3.05) is 52.9 Å². The van der Waals surface area contributed by atoms with Gasteiger partial charge in [-0.1, -0.05) is 26.7 Å². The summed E-state index contributed by atoms with van der Waals surface area (Å²) in [4.78, 5) is 52.8. The first kappa shape index (κ1) is 38.8. The quantitative estimate of drug-likeness (QED) is 0.0880. The Morgan fingerprint density at radius 1 is 0.707 bits per heavy atom. The van der Waals surface area contributed by atoms with Crippen LogP contribution in [-0.4, -0.2) is 98.7 Å². The summed E-state index contributed by atoms with van der Waals surface area (Å²) in [7, 11) is -4.72. The Kier molecular flexibility index (Phi) is 19.5. The SMILES string of the molecule is C=CC(=O)CC(C)COCC(COCC(C)OC(=O)C=C)(COCC(C)OC(=O)C=C)COCC(C)OP(=O)(O)O. The number of phosphoric ester groups is 1. The second kappa shape index (κ2) is 20.6. The summed E-state index contributed by atoms with van der Waals surface area (Å²) in [5, 5.41) is 0. The average Bonchev–Trinajstić information content (AvgIpc) is 2.87. The maximum absolute atomic E-state index is 11.7. The molecule has 0 spiro atoms. The average molecular weight is 609 g/mol. The Labute approximate surface area is 242 Å². The molecule has 0 aromatic carbocycles. The van der Waals surface area contributed by atoms with Gasteiger partial charge in [0.05, 0.1) is 57.8 Å². The van der Waals surface area contributed by atoms with E-state index in [0.717, 1.165) is 12.2 Å².